The topological polar surface area (TPSA) is 13.1 Å². The van der Waals surface area contributed by atoms with E-state index in [-0.39, 0.29) is 61.3 Å². The van der Waals surface area contributed by atoms with Crippen molar-refractivity contribution in [2.24, 2.45) is 0 Å². The number of rotatable bonds is 5. The summed E-state index contributed by atoms with van der Waals surface area (Å²) >= 11 is 0. The first-order valence-corrected chi connectivity index (χ1v) is 16.0. The zero-order valence-corrected chi connectivity index (χ0v) is 26.4. The molecule has 0 bridgehead atoms. The van der Waals surface area contributed by atoms with Crippen LogP contribution in [0.1, 0.15) is 26.0 Å². The highest BCUT2D eigenvalue weighted by Gasteiger charge is 2.21. The van der Waals surface area contributed by atoms with Gasteiger partial charge in [0.15, 0.2) is 0 Å². The van der Waals surface area contributed by atoms with Gasteiger partial charge in [-0.05, 0) is 101 Å². The van der Waals surface area contributed by atoms with Crippen molar-refractivity contribution in [1.29, 1.82) is 0 Å². The van der Waals surface area contributed by atoms with E-state index in [9.17, 15) is 9.60 Å². The Labute approximate surface area is 323 Å². The largest absolute Gasteiger partial charge is 0.456 e. The van der Waals surface area contributed by atoms with E-state index in [1.54, 1.807) is 78.9 Å². The van der Waals surface area contributed by atoms with E-state index in [4.69, 9.17) is 20.9 Å². The van der Waals surface area contributed by atoms with Crippen LogP contribution in [0.2, 0.25) is 0 Å². The molecule has 10 aromatic rings. The zero-order chi connectivity index (χ0) is 50.3. The van der Waals surface area contributed by atoms with Gasteiger partial charge in [-0.3, -0.25) is 0 Å². The van der Waals surface area contributed by atoms with Gasteiger partial charge in [0, 0.05) is 10.8 Å². The molecular weight excluding hydrogens is 617 g/mol. The van der Waals surface area contributed by atoms with E-state index in [2.05, 4.69) is 0 Å². The second-order valence-corrected chi connectivity index (χ2v) is 11.7. The molecule has 1 nitrogen and oxygen atoms in total. The molecule has 1 heteroatoms. The van der Waals surface area contributed by atoms with Crippen LogP contribution in [0.15, 0.2) is 198 Å². The lowest BCUT2D eigenvalue weighted by molar-refractivity contribution is 0.669. The molecule has 0 saturated heterocycles. The highest BCUT2D eigenvalue weighted by Crippen LogP contribution is 2.48. The molecule has 0 fully saturated rings. The van der Waals surface area contributed by atoms with Gasteiger partial charge < -0.3 is 4.42 Å². The third-order valence-corrected chi connectivity index (χ3v) is 8.88. The van der Waals surface area contributed by atoms with Crippen LogP contribution in [0, 0.1) is 0 Å². The van der Waals surface area contributed by atoms with Crippen molar-refractivity contribution in [3.63, 3.8) is 0 Å². The van der Waals surface area contributed by atoms with Crippen molar-refractivity contribution in [2.75, 3.05) is 0 Å². The van der Waals surface area contributed by atoms with Gasteiger partial charge in [-0.1, -0.05) is 169 Å². The van der Waals surface area contributed by atoms with Crippen LogP contribution in [0.3, 0.4) is 0 Å². The van der Waals surface area contributed by atoms with E-state index in [1.807, 2.05) is 0 Å². The Morgan fingerprint density at radius 2 is 0.941 bits per heavy atom. The van der Waals surface area contributed by atoms with Gasteiger partial charge in [0.05, 0.1) is 26.0 Å². The summed E-state index contributed by atoms with van der Waals surface area (Å²) in [6, 6.07) is 10.3. The summed E-state index contributed by atoms with van der Waals surface area (Å²) in [5.74, 6) is 0. The van der Waals surface area contributed by atoms with Gasteiger partial charge >= 0.3 is 0 Å². The maximum absolute atomic E-state index is 10.0. The summed E-state index contributed by atoms with van der Waals surface area (Å²) in [5, 5.41) is 1.23. The summed E-state index contributed by atoms with van der Waals surface area (Å²) in [6.07, 6.45) is 0. The molecule has 1 aromatic heterocycles. The Morgan fingerprint density at radius 3 is 1.63 bits per heavy atom. The number of hydrogen-bond acceptors (Lipinski definition) is 1. The molecule has 0 aliphatic heterocycles. The van der Waals surface area contributed by atoms with Gasteiger partial charge in [-0.2, -0.15) is 0 Å². The molecule has 9 aromatic carbocycles. The predicted octanol–water partition coefficient (Wildman–Crippen LogP) is 14.2. The normalized spacial score (nSPS) is 16.7. The molecule has 0 atom stereocenters. The summed E-state index contributed by atoms with van der Waals surface area (Å²) in [5.41, 5.74) is -1.38. The minimum Gasteiger partial charge on any atom is -0.456 e. The Morgan fingerprint density at radius 1 is 0.333 bits per heavy atom. The lowest BCUT2D eigenvalue weighted by Crippen LogP contribution is -1.93. The van der Waals surface area contributed by atoms with Crippen LogP contribution in [0.5, 0.6) is 0 Å². The first-order valence-electron chi connectivity index (χ1n) is 25.5. The Bertz CT molecular complexity index is 3880. The Balaban J connectivity index is 1.36. The number of furan rings is 1. The van der Waals surface area contributed by atoms with E-state index < -0.39 is 125 Å². The summed E-state index contributed by atoms with van der Waals surface area (Å²) in [4.78, 5) is 0. The third kappa shape index (κ3) is 4.86. The van der Waals surface area contributed by atoms with Crippen LogP contribution < -0.4 is 0 Å². The van der Waals surface area contributed by atoms with Gasteiger partial charge in [-0.25, -0.2) is 0 Å². The lowest BCUT2D eigenvalue weighted by Gasteiger charge is -2.19. The minimum atomic E-state index is -0.725. The van der Waals surface area contributed by atoms with Gasteiger partial charge in [0.2, 0.25) is 0 Å². The van der Waals surface area contributed by atoms with Gasteiger partial charge in [0.25, 0.3) is 0 Å². The number of fused-ring (bicyclic) bond motifs is 5. The molecule has 51 heavy (non-hydrogen) atoms. The van der Waals surface area contributed by atoms with E-state index in [1.165, 1.54) is 0 Å². The smallest absolute Gasteiger partial charge is 0.136 e. The van der Waals surface area contributed by atoms with Crippen molar-refractivity contribution in [2.45, 2.75) is 0 Å². The molecule has 0 aliphatic carbocycles. The molecule has 1 heterocycles. The molecule has 0 spiro atoms. The predicted molar refractivity (Wildman–Crippen MR) is 216 cm³/mol. The quantitative estimate of drug-likeness (QED) is 0.167. The minimum absolute atomic E-state index is 0.0284. The first kappa shape index (κ1) is 15.9. The molecular formula is C50H32O. The van der Waals surface area contributed by atoms with Crippen LogP contribution in [0.25, 0.3) is 99.1 Å². The maximum Gasteiger partial charge on any atom is 0.136 e. The average Bonchev–Trinajstić information content (AvgIpc) is 3.76. The fourth-order valence-electron chi connectivity index (χ4n) is 6.72. The Hall–Kier alpha value is -6.70. The standard InChI is InChI=1S/C50H32O/c1-4-15-33(16-5-1)36-27-30-43-47(32-36)51-46-26-14-25-44(50(43)46)49-41-23-12-10-21-39(41)48(40-22-11-13-24-42(40)49)37-28-29-38(34-17-6-2-7-18-34)45(31-37)35-19-8-3-9-20-35/h1-32H/i1D,2D,4D,5D,6D,7D,14D,15D,16D,17D,18D,25D,26D,27D,28D,29D,30D,31D,32D. The number of benzene rings is 9. The Kier molecular flexibility index (Phi) is 3.74. The monoisotopic (exact) mass is 667 g/mol. The second-order valence-electron chi connectivity index (χ2n) is 11.7. The SMILES string of the molecule is [2H]c1c([2H])c([2H])c(-c2c([2H])c([2H])c(-c3c4ccccc4c(-c4c([2H])c([2H])c([2H])c5oc6c([2H])c(-c7c([2H])c([2H])c([2H])c([2H])c7[2H])c([2H])c([2H])c6c45)c4ccccc34)c([2H])c2-c2ccccc2)c([2H])c1[2H]. The summed E-state index contributed by atoms with van der Waals surface area (Å²) < 4.78 is 176. The molecule has 0 amide bonds. The van der Waals surface area contributed by atoms with Crippen molar-refractivity contribution in [3.8, 4) is 55.6 Å². The van der Waals surface area contributed by atoms with Crippen LogP contribution in [-0.2, 0) is 0 Å². The molecule has 0 N–H and O–H groups in total. The van der Waals surface area contributed by atoms with Crippen molar-refractivity contribution >= 4 is 43.5 Å². The molecule has 0 unspecified atom stereocenters. The zero-order valence-electron chi connectivity index (χ0n) is 45.4. The van der Waals surface area contributed by atoms with E-state index >= 15 is 0 Å². The van der Waals surface area contributed by atoms with Gasteiger partial charge in [0.1, 0.15) is 11.2 Å². The molecule has 0 radical (unpaired) electrons. The molecule has 0 aliphatic rings. The van der Waals surface area contributed by atoms with E-state index in [0.717, 1.165) is 0 Å². The van der Waals surface area contributed by atoms with E-state index in [0.29, 0.717) is 27.1 Å². The van der Waals surface area contributed by atoms with Crippen LogP contribution in [0.4, 0.5) is 0 Å². The highest BCUT2D eigenvalue weighted by molar-refractivity contribution is 6.25. The fourth-order valence-corrected chi connectivity index (χ4v) is 6.72. The van der Waals surface area contributed by atoms with Crippen LogP contribution >= 0.6 is 0 Å². The van der Waals surface area contributed by atoms with Crippen molar-refractivity contribution in [3.05, 3.63) is 194 Å². The maximum atomic E-state index is 10.0. The first-order chi connectivity index (χ1) is 33.2. The highest BCUT2D eigenvalue weighted by atomic mass is 16.3. The fraction of sp³-hybridized carbons (Fsp3) is 0. The lowest BCUT2D eigenvalue weighted by atomic mass is 9.83. The number of hydrogen-bond donors (Lipinski definition) is 0. The van der Waals surface area contributed by atoms with Crippen LogP contribution in [-0.4, -0.2) is 0 Å². The third-order valence-electron chi connectivity index (χ3n) is 8.88. The van der Waals surface area contributed by atoms with Crippen molar-refractivity contribution < 1.29 is 30.5 Å². The van der Waals surface area contributed by atoms with Gasteiger partial charge in [-0.15, -0.1) is 0 Å². The summed E-state index contributed by atoms with van der Waals surface area (Å²) in [6.45, 7) is 0. The molecule has 10 rings (SSSR count). The summed E-state index contributed by atoms with van der Waals surface area (Å²) in [7, 11) is 0. The second kappa shape index (κ2) is 12.0. The van der Waals surface area contributed by atoms with Crippen molar-refractivity contribution in [1.82, 2.24) is 0 Å². The average molecular weight is 668 g/mol. The molecule has 238 valence electrons. The molecule has 0 saturated carbocycles.